The lowest BCUT2D eigenvalue weighted by Crippen LogP contribution is -2.58. The first-order valence-electron chi connectivity index (χ1n) is 5.45. The summed E-state index contributed by atoms with van der Waals surface area (Å²) in [5.74, 6) is -0.327. The molecule has 0 spiro atoms. The Morgan fingerprint density at radius 2 is 2.25 bits per heavy atom. The third kappa shape index (κ3) is 3.38. The first kappa shape index (κ1) is 13.3. The van der Waals surface area contributed by atoms with E-state index >= 15 is 0 Å². The summed E-state index contributed by atoms with van der Waals surface area (Å²) in [6, 6.07) is 0. The van der Waals surface area contributed by atoms with Crippen LogP contribution in [-0.4, -0.2) is 42.2 Å². The van der Waals surface area contributed by atoms with Crippen molar-refractivity contribution in [3.63, 3.8) is 0 Å². The molecule has 3 N–H and O–H groups in total. The van der Waals surface area contributed by atoms with Crippen LogP contribution in [0.15, 0.2) is 0 Å². The highest BCUT2D eigenvalue weighted by Crippen LogP contribution is 2.18. The van der Waals surface area contributed by atoms with Gasteiger partial charge in [-0.05, 0) is 32.7 Å². The fourth-order valence-corrected chi connectivity index (χ4v) is 1.73. The second kappa shape index (κ2) is 5.54. The maximum Gasteiger partial charge on any atom is 0.265 e. The molecule has 1 fully saturated rings. The zero-order valence-electron chi connectivity index (χ0n) is 9.30. The van der Waals surface area contributed by atoms with Crippen LogP contribution in [0.3, 0.4) is 0 Å². The molecule has 1 saturated heterocycles. The van der Waals surface area contributed by atoms with Gasteiger partial charge in [-0.15, -0.1) is 0 Å². The summed E-state index contributed by atoms with van der Waals surface area (Å²) in [6.07, 6.45) is -1.98. The number of alkyl halides is 2. The summed E-state index contributed by atoms with van der Waals surface area (Å²) in [5.41, 5.74) is -0.694. The van der Waals surface area contributed by atoms with Gasteiger partial charge in [0.2, 0.25) is 5.91 Å². The topological polar surface area (TPSA) is 61.4 Å². The summed E-state index contributed by atoms with van der Waals surface area (Å²) in [6.45, 7) is 2.09. The van der Waals surface area contributed by atoms with E-state index in [1.807, 2.05) is 0 Å². The summed E-state index contributed by atoms with van der Waals surface area (Å²) in [5, 5.41) is 14.3. The number of carbonyl (C=O) groups excluding carboxylic acids is 1. The van der Waals surface area contributed by atoms with Crippen molar-refractivity contribution in [2.24, 2.45) is 0 Å². The third-order valence-electron chi connectivity index (χ3n) is 2.88. The van der Waals surface area contributed by atoms with E-state index in [0.29, 0.717) is 6.42 Å². The number of hydrogen-bond acceptors (Lipinski definition) is 3. The Kier molecular flexibility index (Phi) is 4.61. The summed E-state index contributed by atoms with van der Waals surface area (Å²) >= 11 is 0. The maximum atomic E-state index is 12.0. The smallest absolute Gasteiger partial charge is 0.265 e. The van der Waals surface area contributed by atoms with Crippen LogP contribution >= 0.6 is 0 Å². The van der Waals surface area contributed by atoms with Gasteiger partial charge in [0, 0.05) is 6.54 Å². The minimum absolute atomic E-state index is 0.327. The molecule has 2 unspecified atom stereocenters. The van der Waals surface area contributed by atoms with E-state index in [1.165, 1.54) is 0 Å². The molecule has 16 heavy (non-hydrogen) atoms. The van der Waals surface area contributed by atoms with Crippen molar-refractivity contribution in [1.29, 1.82) is 0 Å². The van der Waals surface area contributed by atoms with Crippen LogP contribution in [0.4, 0.5) is 8.78 Å². The Bertz CT molecular complexity index is 243. The van der Waals surface area contributed by atoms with E-state index in [4.69, 9.17) is 5.11 Å². The molecule has 0 radical (unpaired) electrons. The molecule has 2 atom stereocenters. The average Bonchev–Trinajstić information content (AvgIpc) is 2.26. The first-order valence-corrected chi connectivity index (χ1v) is 5.45. The van der Waals surface area contributed by atoms with E-state index in [2.05, 4.69) is 10.6 Å². The van der Waals surface area contributed by atoms with Crippen LogP contribution in [0.25, 0.3) is 0 Å². The molecule has 0 aromatic rings. The zero-order chi connectivity index (χ0) is 12.2. The van der Waals surface area contributed by atoms with E-state index < -0.39 is 24.6 Å². The summed E-state index contributed by atoms with van der Waals surface area (Å²) in [7, 11) is 0. The number of rotatable bonds is 4. The second-order valence-electron chi connectivity index (χ2n) is 4.33. The van der Waals surface area contributed by atoms with Gasteiger partial charge in [0.1, 0.15) is 6.10 Å². The number of carbonyl (C=O) groups is 1. The van der Waals surface area contributed by atoms with Crippen LogP contribution in [0, 0.1) is 0 Å². The quantitative estimate of drug-likeness (QED) is 0.656. The Balaban J connectivity index is 2.39. The largest absolute Gasteiger partial charge is 0.385 e. The summed E-state index contributed by atoms with van der Waals surface area (Å²) in [4.78, 5) is 11.7. The van der Waals surface area contributed by atoms with Crippen LogP contribution < -0.4 is 10.6 Å². The van der Waals surface area contributed by atoms with Gasteiger partial charge >= 0.3 is 0 Å². The molecule has 1 aliphatic heterocycles. The highest BCUT2D eigenvalue weighted by atomic mass is 19.3. The van der Waals surface area contributed by atoms with Crippen LogP contribution in [0.5, 0.6) is 0 Å². The highest BCUT2D eigenvalue weighted by Gasteiger charge is 2.34. The minimum Gasteiger partial charge on any atom is -0.385 e. The second-order valence-corrected chi connectivity index (χ2v) is 4.33. The van der Waals surface area contributed by atoms with Gasteiger partial charge in [-0.2, -0.15) is 0 Å². The lowest BCUT2D eigenvalue weighted by Gasteiger charge is -2.33. The van der Waals surface area contributed by atoms with E-state index in [0.717, 1.165) is 19.4 Å². The number of halogens is 2. The number of amides is 1. The fourth-order valence-electron chi connectivity index (χ4n) is 1.73. The monoisotopic (exact) mass is 236 g/mol. The van der Waals surface area contributed by atoms with Crippen molar-refractivity contribution in [2.45, 2.75) is 44.3 Å². The number of nitrogens with one attached hydrogen (secondary N) is 2. The average molecular weight is 236 g/mol. The predicted molar refractivity (Wildman–Crippen MR) is 55.3 cm³/mol. The molecule has 1 heterocycles. The SMILES string of the molecule is CC1(C(=O)NCC(O)C(F)F)CCCCN1. The lowest BCUT2D eigenvalue weighted by molar-refractivity contribution is -0.129. The molecule has 6 heteroatoms. The first-order chi connectivity index (χ1) is 7.46. The molecular formula is C10H18F2N2O2. The highest BCUT2D eigenvalue weighted by molar-refractivity contribution is 5.85. The van der Waals surface area contributed by atoms with Gasteiger partial charge < -0.3 is 15.7 Å². The van der Waals surface area contributed by atoms with Crippen molar-refractivity contribution < 1.29 is 18.7 Å². The zero-order valence-corrected chi connectivity index (χ0v) is 9.30. The minimum atomic E-state index is -2.83. The molecule has 0 bridgehead atoms. The molecule has 0 saturated carbocycles. The standard InChI is InChI=1S/C10H18F2N2O2/c1-10(4-2-3-5-14-10)9(16)13-6-7(15)8(11)12/h7-8,14-15H,2-6H2,1H3,(H,13,16). The molecular weight excluding hydrogens is 218 g/mol. The van der Waals surface area contributed by atoms with Crippen molar-refractivity contribution >= 4 is 5.91 Å². The van der Waals surface area contributed by atoms with Crippen LogP contribution in [-0.2, 0) is 4.79 Å². The molecule has 1 rings (SSSR count). The fraction of sp³-hybridized carbons (Fsp3) is 0.900. The van der Waals surface area contributed by atoms with Gasteiger partial charge in [-0.3, -0.25) is 4.79 Å². The summed E-state index contributed by atoms with van der Waals surface area (Å²) < 4.78 is 24.0. The number of hydrogen-bond donors (Lipinski definition) is 3. The molecule has 0 aromatic heterocycles. The Labute approximate surface area is 93.4 Å². The van der Waals surface area contributed by atoms with Gasteiger partial charge in [-0.25, -0.2) is 8.78 Å². The van der Waals surface area contributed by atoms with Crippen molar-refractivity contribution in [3.05, 3.63) is 0 Å². The van der Waals surface area contributed by atoms with Gasteiger partial charge in [-0.1, -0.05) is 0 Å². The van der Waals surface area contributed by atoms with Crippen LogP contribution in [0.2, 0.25) is 0 Å². The van der Waals surface area contributed by atoms with Crippen molar-refractivity contribution in [1.82, 2.24) is 10.6 Å². The van der Waals surface area contributed by atoms with Gasteiger partial charge in [0.15, 0.2) is 0 Å². The molecule has 94 valence electrons. The van der Waals surface area contributed by atoms with E-state index in [9.17, 15) is 13.6 Å². The molecule has 1 aliphatic rings. The normalized spacial score (nSPS) is 27.8. The molecule has 0 aliphatic carbocycles. The van der Waals surface area contributed by atoms with Crippen LogP contribution in [0.1, 0.15) is 26.2 Å². The molecule has 4 nitrogen and oxygen atoms in total. The maximum absolute atomic E-state index is 12.0. The lowest BCUT2D eigenvalue weighted by atomic mass is 9.90. The van der Waals surface area contributed by atoms with E-state index in [1.54, 1.807) is 6.92 Å². The molecule has 1 amide bonds. The Hall–Kier alpha value is -0.750. The Morgan fingerprint density at radius 3 is 2.75 bits per heavy atom. The number of aliphatic hydroxyl groups excluding tert-OH is 1. The van der Waals surface area contributed by atoms with Crippen molar-refractivity contribution in [3.8, 4) is 0 Å². The number of piperidine rings is 1. The van der Waals surface area contributed by atoms with E-state index in [-0.39, 0.29) is 5.91 Å². The number of aliphatic hydroxyl groups is 1. The Morgan fingerprint density at radius 1 is 1.56 bits per heavy atom. The van der Waals surface area contributed by atoms with Gasteiger partial charge in [0.25, 0.3) is 6.43 Å². The predicted octanol–water partition coefficient (Wildman–Crippen LogP) is 0.261. The molecule has 0 aromatic carbocycles. The van der Waals surface area contributed by atoms with Crippen molar-refractivity contribution in [2.75, 3.05) is 13.1 Å². The van der Waals surface area contributed by atoms with Gasteiger partial charge in [0.05, 0.1) is 5.54 Å². The third-order valence-corrected chi connectivity index (χ3v) is 2.88.